The number of esters is 1. The Bertz CT molecular complexity index is 951. The predicted octanol–water partition coefficient (Wildman–Crippen LogP) is 8.10. The van der Waals surface area contributed by atoms with E-state index in [1.807, 2.05) is 0 Å². The molecule has 5 fully saturated rings. The molecule has 6 rings (SSSR count). The molecule has 37 heavy (non-hydrogen) atoms. The molecule has 2 bridgehead atoms. The van der Waals surface area contributed by atoms with Crippen LogP contribution in [-0.2, 0) is 9.53 Å². The molecule has 5 saturated carbocycles. The number of rotatable bonds is 5. The summed E-state index contributed by atoms with van der Waals surface area (Å²) in [5, 5.41) is 10.3. The maximum absolute atomic E-state index is 13.0. The smallest absolute Gasteiger partial charge is 0.306 e. The Hall–Kier alpha value is -0.830. The number of ether oxygens (including phenoxy) is 1. The Morgan fingerprint density at radius 1 is 1.03 bits per heavy atom. The van der Waals surface area contributed by atoms with E-state index in [1.54, 1.807) is 5.57 Å². The van der Waals surface area contributed by atoms with Gasteiger partial charge in [0.05, 0.1) is 6.10 Å². The van der Waals surface area contributed by atoms with Crippen LogP contribution in [-0.4, -0.2) is 23.3 Å². The average molecular weight is 511 g/mol. The van der Waals surface area contributed by atoms with Gasteiger partial charge in [-0.1, -0.05) is 53.2 Å². The van der Waals surface area contributed by atoms with Gasteiger partial charge in [-0.2, -0.15) is 0 Å². The normalized spacial score (nSPS) is 50.6. The van der Waals surface area contributed by atoms with Crippen LogP contribution in [0.5, 0.6) is 0 Å². The fourth-order valence-electron chi connectivity index (χ4n) is 11.7. The van der Waals surface area contributed by atoms with Crippen LogP contribution in [0.25, 0.3) is 0 Å². The van der Waals surface area contributed by atoms with E-state index in [2.05, 4.69) is 47.6 Å². The van der Waals surface area contributed by atoms with Crippen molar-refractivity contribution in [1.29, 1.82) is 0 Å². The van der Waals surface area contributed by atoms with Gasteiger partial charge in [0.2, 0.25) is 0 Å². The van der Waals surface area contributed by atoms with Crippen molar-refractivity contribution in [1.82, 2.24) is 0 Å². The Morgan fingerprint density at radius 2 is 1.81 bits per heavy atom. The molecule has 0 aliphatic heterocycles. The number of fused-ring (bicyclic) bond motifs is 7. The zero-order chi connectivity index (χ0) is 26.4. The second-order valence-electron chi connectivity index (χ2n) is 16.0. The SMILES string of the molecule is C[C@H](CCC(=O)OC1CC2CCC1(C)C2(C)C)[C@H]1CC[C@H]2[C@@H]3CC=C4C[C@@H](O)CC[C@]4(C)[C@H]3CC[C@]12C. The van der Waals surface area contributed by atoms with Gasteiger partial charge >= 0.3 is 5.97 Å². The first-order chi connectivity index (χ1) is 17.4. The zero-order valence-electron chi connectivity index (χ0n) is 24.7. The number of hydrogen-bond donors (Lipinski definition) is 1. The van der Waals surface area contributed by atoms with Crippen LogP contribution in [0.3, 0.4) is 0 Å². The number of carbonyl (C=O) groups is 1. The summed E-state index contributed by atoms with van der Waals surface area (Å²) >= 11 is 0. The number of carbonyl (C=O) groups excluding carboxylic acids is 1. The molecular weight excluding hydrogens is 456 g/mol. The molecule has 0 aromatic rings. The highest BCUT2D eigenvalue weighted by Gasteiger charge is 2.63. The quantitative estimate of drug-likeness (QED) is 0.300. The highest BCUT2D eigenvalue weighted by atomic mass is 16.5. The van der Waals surface area contributed by atoms with E-state index < -0.39 is 0 Å². The standard InChI is InChI=1S/C34H54O3/c1-21(7-12-30(36)37-29-20-22-13-18-34(29,6)31(22,2)3)26-10-11-27-25-9-8-23-19-24(35)14-16-32(23,4)28(25)15-17-33(26,27)5/h8,21-22,24-29,35H,7,9-20H2,1-6H3/t21-,22?,24+,25+,26-,27+,28+,29?,32+,33-,34?/m1/s1. The van der Waals surface area contributed by atoms with Gasteiger partial charge in [0.25, 0.3) is 0 Å². The summed E-state index contributed by atoms with van der Waals surface area (Å²) in [6, 6.07) is 0. The van der Waals surface area contributed by atoms with Gasteiger partial charge in [-0.3, -0.25) is 4.79 Å². The molecule has 3 unspecified atom stereocenters. The fraction of sp³-hybridized carbons (Fsp3) is 0.912. The van der Waals surface area contributed by atoms with E-state index in [0.717, 1.165) is 49.4 Å². The molecule has 0 aromatic carbocycles. The van der Waals surface area contributed by atoms with Crippen LogP contribution in [0.1, 0.15) is 125 Å². The lowest BCUT2D eigenvalue weighted by Gasteiger charge is -2.58. The van der Waals surface area contributed by atoms with Crippen LogP contribution >= 0.6 is 0 Å². The van der Waals surface area contributed by atoms with Gasteiger partial charge in [-0.05, 0) is 129 Å². The molecule has 0 spiro atoms. The van der Waals surface area contributed by atoms with Crippen LogP contribution in [0, 0.1) is 57.2 Å². The molecule has 6 aliphatic carbocycles. The molecule has 3 heteroatoms. The Balaban J connectivity index is 1.08. The lowest BCUT2D eigenvalue weighted by atomic mass is 9.47. The van der Waals surface area contributed by atoms with Crippen LogP contribution in [0.15, 0.2) is 11.6 Å². The van der Waals surface area contributed by atoms with Crippen molar-refractivity contribution in [2.75, 3.05) is 0 Å². The van der Waals surface area contributed by atoms with Gasteiger partial charge in [-0.15, -0.1) is 0 Å². The summed E-state index contributed by atoms with van der Waals surface area (Å²) in [5.41, 5.74) is 2.77. The molecule has 3 nitrogen and oxygen atoms in total. The molecule has 0 heterocycles. The average Bonchev–Trinajstić information content (AvgIpc) is 3.38. The third-order valence-corrected chi connectivity index (χ3v) is 14.6. The van der Waals surface area contributed by atoms with Gasteiger partial charge in [-0.25, -0.2) is 0 Å². The second kappa shape index (κ2) is 8.84. The second-order valence-corrected chi connectivity index (χ2v) is 16.0. The van der Waals surface area contributed by atoms with Crippen molar-refractivity contribution in [3.8, 4) is 0 Å². The van der Waals surface area contributed by atoms with Crippen molar-refractivity contribution in [2.45, 2.75) is 137 Å². The third-order valence-electron chi connectivity index (χ3n) is 14.6. The number of aliphatic hydroxyl groups excluding tert-OH is 1. The van der Waals surface area contributed by atoms with E-state index in [0.29, 0.717) is 34.5 Å². The maximum Gasteiger partial charge on any atom is 0.306 e. The fourth-order valence-corrected chi connectivity index (χ4v) is 11.7. The first-order valence-electron chi connectivity index (χ1n) is 16.0. The topological polar surface area (TPSA) is 46.5 Å². The Labute approximate surface area is 226 Å². The predicted molar refractivity (Wildman–Crippen MR) is 149 cm³/mol. The van der Waals surface area contributed by atoms with Crippen molar-refractivity contribution in [2.24, 2.45) is 57.2 Å². The van der Waals surface area contributed by atoms with Crippen LogP contribution < -0.4 is 0 Å². The largest absolute Gasteiger partial charge is 0.462 e. The summed E-state index contributed by atoms with van der Waals surface area (Å²) < 4.78 is 6.21. The first kappa shape index (κ1) is 26.4. The van der Waals surface area contributed by atoms with E-state index in [1.165, 1.54) is 51.4 Å². The minimum atomic E-state index is -0.119. The molecule has 11 atom stereocenters. The highest BCUT2D eigenvalue weighted by molar-refractivity contribution is 5.69. The van der Waals surface area contributed by atoms with Crippen molar-refractivity contribution in [3.05, 3.63) is 11.6 Å². The summed E-state index contributed by atoms with van der Waals surface area (Å²) in [4.78, 5) is 13.0. The lowest BCUT2D eigenvalue weighted by molar-refractivity contribution is -0.157. The number of aliphatic hydroxyl groups is 1. The number of hydrogen-bond acceptors (Lipinski definition) is 3. The summed E-state index contributed by atoms with van der Waals surface area (Å²) in [6.07, 6.45) is 17.4. The molecule has 0 saturated heterocycles. The van der Waals surface area contributed by atoms with Crippen LogP contribution in [0.2, 0.25) is 0 Å². The number of allylic oxidation sites excluding steroid dienone is 1. The van der Waals surface area contributed by atoms with Crippen molar-refractivity contribution >= 4 is 5.97 Å². The summed E-state index contributed by atoms with van der Waals surface area (Å²) in [6.45, 7) is 14.7. The molecule has 1 N–H and O–H groups in total. The molecule has 6 aliphatic rings. The molecule has 208 valence electrons. The van der Waals surface area contributed by atoms with E-state index >= 15 is 0 Å². The first-order valence-corrected chi connectivity index (χ1v) is 16.0. The van der Waals surface area contributed by atoms with Gasteiger partial charge in [0, 0.05) is 11.8 Å². The zero-order valence-corrected chi connectivity index (χ0v) is 24.7. The minimum absolute atomic E-state index is 0.0576. The molecule has 0 amide bonds. The molecule has 0 radical (unpaired) electrons. The third kappa shape index (κ3) is 3.78. The summed E-state index contributed by atoms with van der Waals surface area (Å²) in [5.74, 6) is 4.52. The molecular formula is C34H54O3. The van der Waals surface area contributed by atoms with Gasteiger partial charge in [0.15, 0.2) is 0 Å². The Kier molecular flexibility index (Phi) is 6.30. The van der Waals surface area contributed by atoms with E-state index in [9.17, 15) is 9.90 Å². The lowest BCUT2D eigenvalue weighted by Crippen LogP contribution is -2.50. The highest BCUT2D eigenvalue weighted by Crippen LogP contribution is 2.68. The Morgan fingerprint density at radius 3 is 2.51 bits per heavy atom. The minimum Gasteiger partial charge on any atom is -0.462 e. The van der Waals surface area contributed by atoms with Gasteiger partial charge in [0.1, 0.15) is 6.10 Å². The van der Waals surface area contributed by atoms with Gasteiger partial charge < -0.3 is 9.84 Å². The van der Waals surface area contributed by atoms with Crippen molar-refractivity contribution < 1.29 is 14.6 Å². The maximum atomic E-state index is 13.0. The van der Waals surface area contributed by atoms with E-state index in [-0.39, 0.29) is 23.6 Å². The van der Waals surface area contributed by atoms with Crippen molar-refractivity contribution in [3.63, 3.8) is 0 Å². The monoisotopic (exact) mass is 510 g/mol. The summed E-state index contributed by atoms with van der Waals surface area (Å²) in [7, 11) is 0. The van der Waals surface area contributed by atoms with E-state index in [4.69, 9.17) is 4.74 Å². The van der Waals surface area contributed by atoms with Crippen LogP contribution in [0.4, 0.5) is 0 Å². The molecule has 0 aromatic heterocycles.